The Balaban J connectivity index is 1.81. The third kappa shape index (κ3) is 5.88. The van der Waals surface area contributed by atoms with Crippen molar-refractivity contribution in [3.63, 3.8) is 0 Å². The van der Waals surface area contributed by atoms with Crippen LogP contribution in [0.25, 0.3) is 0 Å². The molecule has 0 fully saturated rings. The Bertz CT molecular complexity index is 697. The molecule has 0 unspecified atom stereocenters. The molecule has 0 aliphatic rings. The second kappa shape index (κ2) is 10.2. The topological polar surface area (TPSA) is 58.9 Å². The lowest BCUT2D eigenvalue weighted by molar-refractivity contribution is 0.409. The zero-order valence-corrected chi connectivity index (χ0v) is 15.3. The minimum atomic E-state index is 0.155. The molecule has 0 atom stereocenters. The quantitative estimate of drug-likeness (QED) is 0.462. The van der Waals surface area contributed by atoms with Gasteiger partial charge in [-0.2, -0.15) is 0 Å². The van der Waals surface area contributed by atoms with Gasteiger partial charge in [0, 0.05) is 0 Å². The zero-order chi connectivity index (χ0) is 18.8. The molecule has 0 heterocycles. The summed E-state index contributed by atoms with van der Waals surface area (Å²) in [6.45, 7) is 3.71. The maximum atomic E-state index is 9.97. The highest BCUT2D eigenvalue weighted by Crippen LogP contribution is 2.29. The van der Waals surface area contributed by atoms with Gasteiger partial charge >= 0.3 is 0 Å². The van der Waals surface area contributed by atoms with Crippen molar-refractivity contribution in [2.75, 3.05) is 0 Å². The summed E-state index contributed by atoms with van der Waals surface area (Å²) in [6, 6.07) is 11.0. The third-order valence-electron chi connectivity index (χ3n) is 3.89. The van der Waals surface area contributed by atoms with Crippen LogP contribution >= 0.6 is 0 Å². The molecule has 0 saturated heterocycles. The van der Waals surface area contributed by atoms with Crippen molar-refractivity contribution in [3.05, 3.63) is 72.2 Å². The van der Waals surface area contributed by atoms with Crippen molar-refractivity contribution in [3.8, 4) is 23.0 Å². The highest BCUT2D eigenvalue weighted by Gasteiger charge is 2.05. The minimum absolute atomic E-state index is 0.155. The largest absolute Gasteiger partial charge is 0.504 e. The van der Waals surface area contributed by atoms with E-state index in [-0.39, 0.29) is 11.5 Å². The molecule has 0 radical (unpaired) electrons. The van der Waals surface area contributed by atoms with Crippen LogP contribution in [0.4, 0.5) is 0 Å². The summed E-state index contributed by atoms with van der Waals surface area (Å²) in [5, 5.41) is 19.9. The van der Waals surface area contributed by atoms with Gasteiger partial charge in [0.25, 0.3) is 0 Å². The maximum absolute atomic E-state index is 9.97. The summed E-state index contributed by atoms with van der Waals surface area (Å²) in [5.41, 5.74) is 2.15. The summed E-state index contributed by atoms with van der Waals surface area (Å²) in [6.07, 6.45) is 10.4. The molecule has 26 heavy (non-hydrogen) atoms. The number of phenolic OH excluding ortho intramolecular Hbond substituents is 2. The average Bonchev–Trinajstić information content (AvgIpc) is 2.64. The Labute approximate surface area is 155 Å². The van der Waals surface area contributed by atoms with Crippen molar-refractivity contribution < 1.29 is 19.7 Å². The van der Waals surface area contributed by atoms with E-state index in [1.54, 1.807) is 48.9 Å². The molecule has 4 nitrogen and oxygen atoms in total. The second-order valence-corrected chi connectivity index (χ2v) is 5.99. The lowest BCUT2D eigenvalue weighted by Gasteiger charge is -2.08. The average molecular weight is 354 g/mol. The van der Waals surface area contributed by atoms with Gasteiger partial charge in [-0.25, -0.2) is 0 Å². The SMILES string of the molecule is CC=COc1ccc(CCCCc2ccc(OC=CC)c(O)c2)cc1O. The van der Waals surface area contributed by atoms with Gasteiger partial charge in [0.05, 0.1) is 12.5 Å². The predicted octanol–water partition coefficient (Wildman–Crippen LogP) is 5.49. The number of rotatable bonds is 9. The number of aryl methyl sites for hydroxylation is 2. The van der Waals surface area contributed by atoms with Gasteiger partial charge < -0.3 is 19.7 Å². The molecule has 2 N–H and O–H groups in total. The maximum Gasteiger partial charge on any atom is 0.168 e. The van der Waals surface area contributed by atoms with Gasteiger partial charge in [-0.05, 0) is 74.9 Å². The van der Waals surface area contributed by atoms with Crippen molar-refractivity contribution in [1.29, 1.82) is 0 Å². The minimum Gasteiger partial charge on any atom is -0.504 e. The van der Waals surface area contributed by atoms with E-state index in [2.05, 4.69) is 0 Å². The van der Waals surface area contributed by atoms with Gasteiger partial charge in [-0.15, -0.1) is 0 Å². The molecule has 0 aliphatic heterocycles. The van der Waals surface area contributed by atoms with Gasteiger partial charge in [0.1, 0.15) is 0 Å². The lowest BCUT2D eigenvalue weighted by Crippen LogP contribution is -1.91. The molecule has 0 aliphatic carbocycles. The summed E-state index contributed by atoms with van der Waals surface area (Å²) in [5.74, 6) is 1.23. The number of ether oxygens (including phenoxy) is 2. The Morgan fingerprint density at radius 3 is 1.50 bits per heavy atom. The van der Waals surface area contributed by atoms with Crippen LogP contribution in [0.2, 0.25) is 0 Å². The number of benzene rings is 2. The van der Waals surface area contributed by atoms with Crippen molar-refractivity contribution in [2.24, 2.45) is 0 Å². The predicted molar refractivity (Wildman–Crippen MR) is 104 cm³/mol. The monoisotopic (exact) mass is 354 g/mol. The van der Waals surface area contributed by atoms with E-state index in [0.717, 1.165) is 36.8 Å². The smallest absolute Gasteiger partial charge is 0.168 e. The molecule has 2 rings (SSSR count). The Hall–Kier alpha value is -2.88. The van der Waals surface area contributed by atoms with Crippen LogP contribution < -0.4 is 9.47 Å². The fourth-order valence-electron chi connectivity index (χ4n) is 2.58. The van der Waals surface area contributed by atoms with E-state index in [4.69, 9.17) is 9.47 Å². The van der Waals surface area contributed by atoms with Crippen LogP contribution in [0.1, 0.15) is 37.8 Å². The molecule has 4 heteroatoms. The van der Waals surface area contributed by atoms with Crippen molar-refractivity contribution in [2.45, 2.75) is 39.5 Å². The number of unbranched alkanes of at least 4 members (excludes halogenated alkanes) is 1. The van der Waals surface area contributed by atoms with E-state index < -0.39 is 0 Å². The highest BCUT2D eigenvalue weighted by atomic mass is 16.5. The van der Waals surface area contributed by atoms with Crippen LogP contribution in [0.15, 0.2) is 61.1 Å². The number of hydrogen-bond acceptors (Lipinski definition) is 4. The molecule has 0 amide bonds. The molecule has 0 saturated carbocycles. The van der Waals surface area contributed by atoms with E-state index in [9.17, 15) is 10.2 Å². The van der Waals surface area contributed by atoms with Gasteiger partial charge in [-0.1, -0.05) is 24.3 Å². The first-order valence-corrected chi connectivity index (χ1v) is 8.83. The van der Waals surface area contributed by atoms with Crippen LogP contribution in [-0.4, -0.2) is 10.2 Å². The lowest BCUT2D eigenvalue weighted by atomic mass is 10.0. The van der Waals surface area contributed by atoms with Crippen LogP contribution in [0.3, 0.4) is 0 Å². The molecular formula is C22H26O4. The van der Waals surface area contributed by atoms with E-state index in [0.29, 0.717) is 11.5 Å². The van der Waals surface area contributed by atoms with Crippen LogP contribution in [0, 0.1) is 0 Å². The van der Waals surface area contributed by atoms with Crippen molar-refractivity contribution >= 4 is 0 Å². The standard InChI is InChI=1S/C22H26O4/c1-3-13-25-21-11-9-17(15-19(21)23)7-5-6-8-18-10-12-22(20(24)16-18)26-14-4-2/h3-4,9-16,23-24H,5-8H2,1-2H3. The second-order valence-electron chi connectivity index (χ2n) is 5.99. The van der Waals surface area contributed by atoms with Gasteiger partial charge in [0.15, 0.2) is 23.0 Å². The van der Waals surface area contributed by atoms with Gasteiger partial charge in [-0.3, -0.25) is 0 Å². The van der Waals surface area contributed by atoms with Crippen molar-refractivity contribution in [1.82, 2.24) is 0 Å². The van der Waals surface area contributed by atoms with Crippen LogP contribution in [0.5, 0.6) is 23.0 Å². The molecule has 138 valence electrons. The first-order valence-electron chi connectivity index (χ1n) is 8.83. The number of hydrogen-bond donors (Lipinski definition) is 2. The zero-order valence-electron chi connectivity index (χ0n) is 15.3. The fraction of sp³-hybridized carbons (Fsp3) is 0.273. The molecule has 0 bridgehead atoms. The summed E-state index contributed by atoms with van der Waals surface area (Å²) in [4.78, 5) is 0. The normalized spacial score (nSPS) is 11.3. The van der Waals surface area contributed by atoms with E-state index >= 15 is 0 Å². The number of aromatic hydroxyl groups is 2. The molecule has 0 aromatic heterocycles. The Morgan fingerprint density at radius 2 is 1.15 bits per heavy atom. The number of phenols is 2. The Kier molecular flexibility index (Phi) is 7.62. The summed E-state index contributed by atoms with van der Waals surface area (Å²) >= 11 is 0. The molecular weight excluding hydrogens is 328 g/mol. The Morgan fingerprint density at radius 1 is 0.731 bits per heavy atom. The molecule has 2 aromatic rings. The first-order chi connectivity index (χ1) is 12.6. The van der Waals surface area contributed by atoms with E-state index in [1.807, 2.05) is 26.0 Å². The summed E-state index contributed by atoms with van der Waals surface area (Å²) in [7, 11) is 0. The first kappa shape index (κ1) is 19.4. The molecule has 2 aromatic carbocycles. The van der Waals surface area contributed by atoms with Crippen LogP contribution in [-0.2, 0) is 12.8 Å². The van der Waals surface area contributed by atoms with Gasteiger partial charge in [0.2, 0.25) is 0 Å². The third-order valence-corrected chi connectivity index (χ3v) is 3.89. The van der Waals surface area contributed by atoms with E-state index in [1.165, 1.54) is 0 Å². The molecule has 0 spiro atoms. The number of allylic oxidation sites excluding steroid dienone is 2. The summed E-state index contributed by atoms with van der Waals surface area (Å²) < 4.78 is 10.6. The fourth-order valence-corrected chi connectivity index (χ4v) is 2.58. The highest BCUT2D eigenvalue weighted by molar-refractivity contribution is 5.43.